The van der Waals surface area contributed by atoms with E-state index in [0.717, 1.165) is 71.6 Å². The second-order valence-corrected chi connectivity index (χ2v) is 9.23. The van der Waals surface area contributed by atoms with Crippen molar-refractivity contribution in [3.05, 3.63) is 0 Å². The molecule has 6 nitrogen and oxygen atoms in total. The van der Waals surface area contributed by atoms with E-state index in [0.29, 0.717) is 24.4 Å². The van der Waals surface area contributed by atoms with Crippen LogP contribution < -0.4 is 0 Å². The van der Waals surface area contributed by atoms with Crippen molar-refractivity contribution >= 4 is 11.8 Å². The highest BCUT2D eigenvalue weighted by Crippen LogP contribution is 2.28. The molecule has 0 aromatic carbocycles. The monoisotopic (exact) mass is 393 g/mol. The Kier molecular flexibility index (Phi) is 7.75. The number of nitrogens with zero attached hydrogens (tertiary/aromatic N) is 3. The number of rotatable bonds is 5. The molecule has 2 amide bonds. The minimum Gasteiger partial charge on any atom is -0.378 e. The average molecular weight is 394 g/mol. The maximum absolute atomic E-state index is 12.8. The van der Waals surface area contributed by atoms with Gasteiger partial charge in [0.25, 0.3) is 0 Å². The number of likely N-dealkylation sites (tertiary alicyclic amines) is 1. The SMILES string of the molecule is CC(C)[C@@H]1C[C@@H](CC(=O)N2CCN([C@H](C)C(=O)N3CCCCC3)CC2)CCO1. The van der Waals surface area contributed by atoms with Crippen molar-refractivity contribution in [2.45, 2.75) is 71.4 Å². The standard InChI is InChI=1S/C22H39N3O3/c1-17(2)20-15-19(7-14-28-20)16-21(26)24-12-10-23(11-13-24)18(3)22(27)25-8-5-4-6-9-25/h17-20H,4-16H2,1-3H3/t18-,19+,20+/m1/s1. The number of piperazine rings is 1. The molecule has 0 spiro atoms. The van der Waals surface area contributed by atoms with E-state index in [9.17, 15) is 9.59 Å². The molecule has 3 saturated heterocycles. The van der Waals surface area contributed by atoms with Crippen molar-refractivity contribution in [1.82, 2.24) is 14.7 Å². The predicted octanol–water partition coefficient (Wildman–Crippen LogP) is 2.37. The number of carbonyl (C=O) groups is 2. The van der Waals surface area contributed by atoms with Gasteiger partial charge in [0.05, 0.1) is 12.1 Å². The molecule has 0 aromatic rings. The molecular weight excluding hydrogens is 354 g/mol. The van der Waals surface area contributed by atoms with Crippen LogP contribution in [0.3, 0.4) is 0 Å². The first kappa shape index (κ1) is 21.6. The third kappa shape index (κ3) is 5.47. The second-order valence-electron chi connectivity index (χ2n) is 9.23. The summed E-state index contributed by atoms with van der Waals surface area (Å²) in [6, 6.07) is -0.0716. The van der Waals surface area contributed by atoms with Crippen molar-refractivity contribution in [3.63, 3.8) is 0 Å². The smallest absolute Gasteiger partial charge is 0.239 e. The van der Waals surface area contributed by atoms with E-state index in [4.69, 9.17) is 4.74 Å². The van der Waals surface area contributed by atoms with Crippen LogP contribution in [0.1, 0.15) is 59.3 Å². The van der Waals surface area contributed by atoms with Crippen molar-refractivity contribution in [1.29, 1.82) is 0 Å². The van der Waals surface area contributed by atoms with E-state index in [2.05, 4.69) is 18.7 Å². The lowest BCUT2D eigenvalue weighted by Gasteiger charge is -2.40. The van der Waals surface area contributed by atoms with Gasteiger partial charge in [-0.1, -0.05) is 13.8 Å². The van der Waals surface area contributed by atoms with Gasteiger partial charge < -0.3 is 14.5 Å². The van der Waals surface area contributed by atoms with E-state index >= 15 is 0 Å². The zero-order valence-corrected chi connectivity index (χ0v) is 18.1. The highest BCUT2D eigenvalue weighted by Gasteiger charge is 2.32. The van der Waals surface area contributed by atoms with Crippen LogP contribution in [0.5, 0.6) is 0 Å². The quantitative estimate of drug-likeness (QED) is 0.720. The predicted molar refractivity (Wildman–Crippen MR) is 110 cm³/mol. The highest BCUT2D eigenvalue weighted by molar-refractivity contribution is 5.81. The molecule has 3 aliphatic heterocycles. The molecule has 3 fully saturated rings. The van der Waals surface area contributed by atoms with Gasteiger partial charge in [0.15, 0.2) is 0 Å². The fourth-order valence-corrected chi connectivity index (χ4v) is 4.82. The number of amides is 2. The maximum atomic E-state index is 12.8. The van der Waals surface area contributed by atoms with Gasteiger partial charge >= 0.3 is 0 Å². The van der Waals surface area contributed by atoms with Crippen LogP contribution in [0.2, 0.25) is 0 Å². The topological polar surface area (TPSA) is 53.1 Å². The number of piperidine rings is 1. The Bertz CT molecular complexity index is 525. The summed E-state index contributed by atoms with van der Waals surface area (Å²) in [6.07, 6.45) is 6.44. The molecule has 3 heterocycles. The Balaban J connectivity index is 1.42. The van der Waals surface area contributed by atoms with Crippen LogP contribution >= 0.6 is 0 Å². The third-order valence-corrected chi connectivity index (χ3v) is 6.87. The minimum absolute atomic E-state index is 0.0716. The van der Waals surface area contributed by atoms with Crippen molar-refractivity contribution < 1.29 is 14.3 Å². The van der Waals surface area contributed by atoms with Gasteiger partial charge in [-0.3, -0.25) is 14.5 Å². The second kappa shape index (κ2) is 10.1. The van der Waals surface area contributed by atoms with Gasteiger partial charge in [0, 0.05) is 52.3 Å². The Morgan fingerprint density at radius 2 is 1.61 bits per heavy atom. The molecule has 28 heavy (non-hydrogen) atoms. The molecular formula is C22H39N3O3. The van der Waals surface area contributed by atoms with Crippen molar-refractivity contribution in [3.8, 4) is 0 Å². The van der Waals surface area contributed by atoms with Crippen molar-refractivity contribution in [2.24, 2.45) is 11.8 Å². The van der Waals surface area contributed by atoms with Crippen LogP contribution in [0, 0.1) is 11.8 Å². The Morgan fingerprint density at radius 1 is 0.929 bits per heavy atom. The van der Waals surface area contributed by atoms with Crippen LogP contribution in [0.4, 0.5) is 0 Å². The highest BCUT2D eigenvalue weighted by atomic mass is 16.5. The van der Waals surface area contributed by atoms with Crippen LogP contribution in [-0.4, -0.2) is 84.5 Å². The molecule has 0 N–H and O–H groups in total. The van der Waals surface area contributed by atoms with Gasteiger partial charge in [-0.2, -0.15) is 0 Å². The molecule has 3 atom stereocenters. The lowest BCUT2D eigenvalue weighted by Crippen LogP contribution is -2.56. The van der Waals surface area contributed by atoms with E-state index in [1.54, 1.807) is 0 Å². The van der Waals surface area contributed by atoms with Gasteiger partial charge in [0.2, 0.25) is 11.8 Å². The Morgan fingerprint density at radius 3 is 2.25 bits per heavy atom. The summed E-state index contributed by atoms with van der Waals surface area (Å²) < 4.78 is 5.84. The van der Waals surface area contributed by atoms with E-state index < -0.39 is 0 Å². The molecule has 3 rings (SSSR count). The number of ether oxygens (including phenoxy) is 1. The van der Waals surface area contributed by atoms with Crippen LogP contribution in [0.25, 0.3) is 0 Å². The normalized spacial score (nSPS) is 28.4. The number of carbonyl (C=O) groups excluding carboxylic acids is 2. The Labute approximate surface area is 170 Å². The first-order chi connectivity index (χ1) is 13.5. The fourth-order valence-electron chi connectivity index (χ4n) is 4.82. The average Bonchev–Trinajstić information content (AvgIpc) is 2.73. The Hall–Kier alpha value is -1.14. The molecule has 0 bridgehead atoms. The summed E-state index contributed by atoms with van der Waals surface area (Å²) in [6.45, 7) is 12.1. The lowest BCUT2D eigenvalue weighted by atomic mass is 9.87. The zero-order chi connectivity index (χ0) is 20.1. The molecule has 3 aliphatic rings. The van der Waals surface area contributed by atoms with E-state index in [1.165, 1.54) is 6.42 Å². The molecule has 0 aromatic heterocycles. The van der Waals surface area contributed by atoms with Gasteiger partial charge in [-0.25, -0.2) is 0 Å². The van der Waals surface area contributed by atoms with Gasteiger partial charge in [-0.15, -0.1) is 0 Å². The summed E-state index contributed by atoms with van der Waals surface area (Å²) in [5.74, 6) is 1.51. The van der Waals surface area contributed by atoms with E-state index in [1.807, 2.05) is 16.7 Å². The van der Waals surface area contributed by atoms with Gasteiger partial charge in [-0.05, 0) is 50.9 Å². The molecule has 0 unspecified atom stereocenters. The first-order valence-electron chi connectivity index (χ1n) is 11.4. The summed E-state index contributed by atoms with van der Waals surface area (Å²) in [5.41, 5.74) is 0. The number of hydrogen-bond acceptors (Lipinski definition) is 4. The third-order valence-electron chi connectivity index (χ3n) is 6.87. The summed E-state index contributed by atoms with van der Waals surface area (Å²) >= 11 is 0. The maximum Gasteiger partial charge on any atom is 0.239 e. The van der Waals surface area contributed by atoms with Crippen LogP contribution in [-0.2, 0) is 14.3 Å². The molecule has 0 radical (unpaired) electrons. The molecule has 160 valence electrons. The summed E-state index contributed by atoms with van der Waals surface area (Å²) in [5, 5.41) is 0. The van der Waals surface area contributed by atoms with E-state index in [-0.39, 0.29) is 17.9 Å². The summed E-state index contributed by atoms with van der Waals surface area (Å²) in [4.78, 5) is 31.8. The fraction of sp³-hybridized carbons (Fsp3) is 0.909. The molecule has 0 aliphatic carbocycles. The lowest BCUT2D eigenvalue weighted by molar-refractivity contribution is -0.140. The van der Waals surface area contributed by atoms with Gasteiger partial charge in [0.1, 0.15) is 0 Å². The minimum atomic E-state index is -0.0716. The van der Waals surface area contributed by atoms with Crippen molar-refractivity contribution in [2.75, 3.05) is 45.9 Å². The first-order valence-corrected chi connectivity index (χ1v) is 11.4. The number of hydrogen-bond donors (Lipinski definition) is 0. The molecule has 6 heteroatoms. The van der Waals surface area contributed by atoms with Crippen LogP contribution in [0.15, 0.2) is 0 Å². The largest absolute Gasteiger partial charge is 0.378 e. The zero-order valence-electron chi connectivity index (χ0n) is 18.1. The summed E-state index contributed by atoms with van der Waals surface area (Å²) in [7, 11) is 0. The molecule has 0 saturated carbocycles.